The second-order valence-electron chi connectivity index (χ2n) is 5.24. The molecule has 3 heteroatoms. The van der Waals surface area contributed by atoms with Gasteiger partial charge in [-0.05, 0) is 24.1 Å². The first-order chi connectivity index (χ1) is 9.79. The van der Waals surface area contributed by atoms with Gasteiger partial charge in [0.1, 0.15) is 5.54 Å². The summed E-state index contributed by atoms with van der Waals surface area (Å²) >= 11 is 0. The van der Waals surface area contributed by atoms with Crippen LogP contribution in [0.15, 0.2) is 60.7 Å². The summed E-state index contributed by atoms with van der Waals surface area (Å²) in [7, 11) is 0. The van der Waals surface area contributed by atoms with E-state index in [2.05, 4.69) is 4.90 Å². The molecule has 2 atom stereocenters. The predicted molar refractivity (Wildman–Crippen MR) is 79.6 cm³/mol. The van der Waals surface area contributed by atoms with Crippen LogP contribution in [-0.2, 0) is 5.54 Å². The van der Waals surface area contributed by atoms with Crippen molar-refractivity contribution in [1.82, 2.24) is 0 Å². The highest BCUT2D eigenvalue weighted by Gasteiger charge is 2.49. The summed E-state index contributed by atoms with van der Waals surface area (Å²) in [6.07, 6.45) is 0.0831. The van der Waals surface area contributed by atoms with Gasteiger partial charge < -0.3 is 15.1 Å². The quantitative estimate of drug-likeness (QED) is 0.897. The van der Waals surface area contributed by atoms with Gasteiger partial charge in [-0.25, -0.2) is 0 Å². The fraction of sp³-hybridized carbons (Fsp3) is 0.294. The van der Waals surface area contributed by atoms with Crippen LogP contribution in [0.1, 0.15) is 12.0 Å². The molecule has 0 radical (unpaired) electrons. The molecule has 2 aromatic carbocycles. The average molecular weight is 269 g/mol. The highest BCUT2D eigenvalue weighted by Crippen LogP contribution is 2.41. The molecule has 0 aromatic heterocycles. The van der Waals surface area contributed by atoms with E-state index in [1.54, 1.807) is 0 Å². The number of aliphatic hydroxyl groups is 2. The minimum Gasteiger partial charge on any atom is -0.393 e. The molecule has 2 N–H and O–H groups in total. The van der Waals surface area contributed by atoms with Crippen molar-refractivity contribution in [3.8, 4) is 0 Å². The molecule has 20 heavy (non-hydrogen) atoms. The molecular formula is C17H19NO2. The summed E-state index contributed by atoms with van der Waals surface area (Å²) in [6.45, 7) is 0.633. The van der Waals surface area contributed by atoms with Crippen molar-refractivity contribution in [1.29, 1.82) is 0 Å². The first-order valence-corrected chi connectivity index (χ1v) is 6.96. The molecule has 1 aliphatic rings. The Morgan fingerprint density at radius 3 is 2.20 bits per heavy atom. The van der Waals surface area contributed by atoms with Crippen LogP contribution in [0.3, 0.4) is 0 Å². The van der Waals surface area contributed by atoms with Crippen LogP contribution < -0.4 is 4.90 Å². The second kappa shape index (κ2) is 5.27. The molecule has 1 heterocycles. The Balaban J connectivity index is 2.11. The minimum atomic E-state index is -0.747. The minimum absolute atomic E-state index is 0.104. The molecule has 2 aromatic rings. The van der Waals surface area contributed by atoms with Crippen LogP contribution in [0, 0.1) is 0 Å². The third-order valence-corrected chi connectivity index (χ3v) is 4.24. The Labute approximate surface area is 119 Å². The van der Waals surface area contributed by atoms with Crippen molar-refractivity contribution in [3.05, 3.63) is 66.2 Å². The lowest BCUT2D eigenvalue weighted by molar-refractivity contribution is 0.0624. The van der Waals surface area contributed by atoms with E-state index in [-0.39, 0.29) is 6.61 Å². The summed E-state index contributed by atoms with van der Waals surface area (Å²) in [5, 5.41) is 20.6. The number of benzene rings is 2. The Morgan fingerprint density at radius 1 is 1.00 bits per heavy atom. The van der Waals surface area contributed by atoms with Gasteiger partial charge in [-0.1, -0.05) is 48.5 Å². The molecule has 3 nitrogen and oxygen atoms in total. The van der Waals surface area contributed by atoms with E-state index >= 15 is 0 Å². The van der Waals surface area contributed by atoms with E-state index in [0.29, 0.717) is 6.42 Å². The smallest absolute Gasteiger partial charge is 0.114 e. The number of nitrogens with zero attached hydrogens (tertiary/aromatic N) is 1. The van der Waals surface area contributed by atoms with Crippen molar-refractivity contribution in [2.24, 2.45) is 0 Å². The van der Waals surface area contributed by atoms with Crippen molar-refractivity contribution < 1.29 is 10.2 Å². The van der Waals surface area contributed by atoms with E-state index in [9.17, 15) is 10.2 Å². The SMILES string of the molecule is OC[C@]1(c2ccccc2)C(O)CCN1c1ccccc1. The second-order valence-corrected chi connectivity index (χ2v) is 5.24. The lowest BCUT2D eigenvalue weighted by atomic mass is 9.85. The number of rotatable bonds is 3. The Kier molecular flexibility index (Phi) is 3.47. The van der Waals surface area contributed by atoms with Crippen molar-refractivity contribution in [3.63, 3.8) is 0 Å². The van der Waals surface area contributed by atoms with E-state index < -0.39 is 11.6 Å². The zero-order valence-corrected chi connectivity index (χ0v) is 11.3. The molecule has 1 unspecified atom stereocenters. The van der Waals surface area contributed by atoms with Gasteiger partial charge in [0.15, 0.2) is 0 Å². The standard InChI is InChI=1S/C17H19NO2/c19-13-17(14-7-3-1-4-8-14)16(20)11-12-18(17)15-9-5-2-6-10-15/h1-10,16,19-20H,11-13H2/t16?,17-/m0/s1. The maximum atomic E-state index is 10.5. The van der Waals surface area contributed by atoms with Gasteiger partial charge in [-0.3, -0.25) is 0 Å². The molecule has 1 aliphatic heterocycles. The number of hydrogen-bond donors (Lipinski definition) is 2. The fourth-order valence-electron chi connectivity index (χ4n) is 3.19. The Morgan fingerprint density at radius 2 is 1.60 bits per heavy atom. The maximum absolute atomic E-state index is 10.5. The maximum Gasteiger partial charge on any atom is 0.114 e. The number of hydrogen-bond acceptors (Lipinski definition) is 3. The van der Waals surface area contributed by atoms with Crippen LogP contribution in [0.4, 0.5) is 5.69 Å². The zero-order valence-electron chi connectivity index (χ0n) is 11.3. The molecule has 0 amide bonds. The third kappa shape index (κ3) is 1.90. The van der Waals surface area contributed by atoms with Crippen molar-refractivity contribution >= 4 is 5.69 Å². The van der Waals surface area contributed by atoms with Crippen molar-refractivity contribution in [2.75, 3.05) is 18.1 Å². The van der Waals surface area contributed by atoms with E-state index in [4.69, 9.17) is 0 Å². The average Bonchev–Trinajstić information content (AvgIpc) is 2.86. The molecule has 0 bridgehead atoms. The molecule has 3 rings (SSSR count). The molecule has 1 saturated heterocycles. The highest BCUT2D eigenvalue weighted by molar-refractivity contribution is 5.54. The summed E-state index contributed by atoms with van der Waals surface area (Å²) < 4.78 is 0. The topological polar surface area (TPSA) is 43.7 Å². The molecule has 0 aliphatic carbocycles. The lowest BCUT2D eigenvalue weighted by Crippen LogP contribution is -2.51. The van der Waals surface area contributed by atoms with Crippen molar-refractivity contribution in [2.45, 2.75) is 18.1 Å². The fourth-order valence-corrected chi connectivity index (χ4v) is 3.19. The third-order valence-electron chi connectivity index (χ3n) is 4.24. The molecular weight excluding hydrogens is 250 g/mol. The van der Waals surface area contributed by atoms with E-state index in [1.807, 2.05) is 60.7 Å². The monoisotopic (exact) mass is 269 g/mol. The predicted octanol–water partition coefficient (Wildman–Crippen LogP) is 2.15. The van der Waals surface area contributed by atoms with Gasteiger partial charge in [0, 0.05) is 12.2 Å². The van der Waals surface area contributed by atoms with Gasteiger partial charge in [-0.15, -0.1) is 0 Å². The van der Waals surface area contributed by atoms with Gasteiger partial charge in [0.2, 0.25) is 0 Å². The van der Waals surface area contributed by atoms with E-state index in [1.165, 1.54) is 0 Å². The lowest BCUT2D eigenvalue weighted by Gasteiger charge is -2.41. The highest BCUT2D eigenvalue weighted by atomic mass is 16.3. The normalized spacial score (nSPS) is 25.9. The first-order valence-electron chi connectivity index (χ1n) is 6.96. The number of aliphatic hydroxyl groups excluding tert-OH is 2. The van der Waals surface area contributed by atoms with Gasteiger partial charge in [0.05, 0.1) is 12.7 Å². The largest absolute Gasteiger partial charge is 0.393 e. The zero-order chi connectivity index (χ0) is 14.0. The summed E-state index contributed by atoms with van der Waals surface area (Å²) in [6, 6.07) is 19.8. The van der Waals surface area contributed by atoms with Gasteiger partial charge in [0.25, 0.3) is 0 Å². The van der Waals surface area contributed by atoms with E-state index in [0.717, 1.165) is 17.8 Å². The molecule has 104 valence electrons. The summed E-state index contributed by atoms with van der Waals surface area (Å²) in [5.41, 5.74) is 1.24. The van der Waals surface area contributed by atoms with Crippen LogP contribution in [-0.4, -0.2) is 29.5 Å². The first kappa shape index (κ1) is 13.2. The Bertz CT molecular complexity index is 558. The Hall–Kier alpha value is -1.84. The molecule has 0 saturated carbocycles. The number of para-hydroxylation sites is 1. The molecule has 1 fully saturated rings. The van der Waals surface area contributed by atoms with Crippen LogP contribution in [0.5, 0.6) is 0 Å². The summed E-state index contributed by atoms with van der Waals surface area (Å²) in [5.74, 6) is 0. The van der Waals surface area contributed by atoms with Gasteiger partial charge >= 0.3 is 0 Å². The van der Waals surface area contributed by atoms with Gasteiger partial charge in [-0.2, -0.15) is 0 Å². The summed E-state index contributed by atoms with van der Waals surface area (Å²) in [4.78, 5) is 2.12. The number of anilines is 1. The molecule has 0 spiro atoms. The van der Waals surface area contributed by atoms with Crippen LogP contribution >= 0.6 is 0 Å². The van der Waals surface area contributed by atoms with Crippen LogP contribution in [0.2, 0.25) is 0 Å². The van der Waals surface area contributed by atoms with Crippen LogP contribution in [0.25, 0.3) is 0 Å².